The molecular formula is C27H28BrN3O3. The molecule has 2 atom stereocenters. The van der Waals surface area contributed by atoms with Crippen molar-refractivity contribution in [2.45, 2.75) is 25.7 Å². The SMILES string of the molecule is CC(O)C(N1CCN(Cc2ccc3c(c2)OCO3)CC1)n1c2ccccc2c2cc(Br)ccc21. The summed E-state index contributed by atoms with van der Waals surface area (Å²) in [4.78, 5) is 4.89. The van der Waals surface area contributed by atoms with Crippen LogP contribution < -0.4 is 9.47 Å². The monoisotopic (exact) mass is 521 g/mol. The third kappa shape index (κ3) is 3.86. The molecule has 34 heavy (non-hydrogen) atoms. The van der Waals surface area contributed by atoms with E-state index in [4.69, 9.17) is 9.47 Å². The quantitative estimate of drug-likeness (QED) is 0.401. The fraction of sp³-hybridized carbons (Fsp3) is 0.333. The minimum atomic E-state index is -0.511. The Morgan fingerprint density at radius 3 is 2.47 bits per heavy atom. The van der Waals surface area contributed by atoms with Gasteiger partial charge in [-0.2, -0.15) is 0 Å². The van der Waals surface area contributed by atoms with Crippen LogP contribution in [0.3, 0.4) is 0 Å². The van der Waals surface area contributed by atoms with Crippen molar-refractivity contribution in [2.24, 2.45) is 0 Å². The number of rotatable bonds is 5. The number of fused-ring (bicyclic) bond motifs is 4. The highest BCUT2D eigenvalue weighted by Gasteiger charge is 2.31. The van der Waals surface area contributed by atoms with Crippen LogP contribution in [0.1, 0.15) is 18.7 Å². The van der Waals surface area contributed by atoms with Gasteiger partial charge in [0.1, 0.15) is 6.17 Å². The highest BCUT2D eigenvalue weighted by atomic mass is 79.9. The molecule has 0 spiro atoms. The summed E-state index contributed by atoms with van der Waals surface area (Å²) in [5, 5.41) is 13.4. The van der Waals surface area contributed by atoms with E-state index in [1.54, 1.807) is 0 Å². The predicted molar refractivity (Wildman–Crippen MR) is 137 cm³/mol. The van der Waals surface area contributed by atoms with E-state index in [0.29, 0.717) is 6.79 Å². The van der Waals surface area contributed by atoms with E-state index in [0.717, 1.165) is 59.7 Å². The van der Waals surface area contributed by atoms with Crippen molar-refractivity contribution >= 4 is 37.7 Å². The normalized spacial score (nSPS) is 18.6. The van der Waals surface area contributed by atoms with Crippen molar-refractivity contribution in [3.8, 4) is 11.5 Å². The van der Waals surface area contributed by atoms with Crippen LogP contribution in [-0.4, -0.2) is 58.5 Å². The van der Waals surface area contributed by atoms with E-state index in [2.05, 4.69) is 84.9 Å². The molecule has 1 saturated heterocycles. The van der Waals surface area contributed by atoms with Gasteiger partial charge in [-0.15, -0.1) is 0 Å². The van der Waals surface area contributed by atoms with Gasteiger partial charge in [0.05, 0.1) is 17.1 Å². The highest BCUT2D eigenvalue weighted by Crippen LogP contribution is 2.36. The molecule has 0 bridgehead atoms. The molecule has 2 aliphatic rings. The minimum Gasteiger partial charge on any atom is -0.454 e. The number of aliphatic hydroxyl groups is 1. The number of ether oxygens (including phenoxy) is 2. The molecule has 7 heteroatoms. The van der Waals surface area contributed by atoms with E-state index in [1.165, 1.54) is 16.3 Å². The van der Waals surface area contributed by atoms with Crippen molar-refractivity contribution in [1.29, 1.82) is 0 Å². The molecule has 3 heterocycles. The topological polar surface area (TPSA) is 50.1 Å². The standard InChI is InChI=1S/C27H28BrN3O3/c1-18(32)27(31-23-5-3-2-4-21(23)22-15-20(28)7-8-24(22)31)30-12-10-29(11-13-30)16-19-6-9-25-26(14-19)34-17-33-25/h2-9,14-15,18,27,32H,10-13,16-17H2,1H3. The van der Waals surface area contributed by atoms with Gasteiger partial charge in [-0.05, 0) is 48.9 Å². The van der Waals surface area contributed by atoms with Gasteiger partial charge < -0.3 is 19.1 Å². The average molecular weight is 522 g/mol. The lowest BCUT2D eigenvalue weighted by Gasteiger charge is -2.41. The average Bonchev–Trinajstić information content (AvgIpc) is 3.43. The molecular weight excluding hydrogens is 494 g/mol. The van der Waals surface area contributed by atoms with E-state index >= 15 is 0 Å². The first-order chi connectivity index (χ1) is 16.6. The van der Waals surface area contributed by atoms with Crippen LogP contribution >= 0.6 is 15.9 Å². The van der Waals surface area contributed by atoms with Crippen LogP contribution in [0.4, 0.5) is 0 Å². The van der Waals surface area contributed by atoms with E-state index in [-0.39, 0.29) is 6.17 Å². The van der Waals surface area contributed by atoms with Crippen LogP contribution in [0.15, 0.2) is 65.1 Å². The third-order valence-corrected chi connectivity index (χ3v) is 7.49. The Labute approximate surface area is 207 Å². The van der Waals surface area contributed by atoms with E-state index in [1.807, 2.05) is 13.0 Å². The second kappa shape index (κ2) is 8.89. The summed E-state index contributed by atoms with van der Waals surface area (Å²) < 4.78 is 14.4. The molecule has 2 aliphatic heterocycles. The number of hydrogen-bond donors (Lipinski definition) is 1. The fourth-order valence-electron chi connectivity index (χ4n) is 5.43. The Morgan fingerprint density at radius 1 is 0.882 bits per heavy atom. The fourth-order valence-corrected chi connectivity index (χ4v) is 5.79. The molecule has 0 amide bonds. The lowest BCUT2D eigenvalue weighted by Crippen LogP contribution is -2.50. The van der Waals surface area contributed by atoms with Crippen LogP contribution in [0.2, 0.25) is 0 Å². The molecule has 1 fully saturated rings. The summed E-state index contributed by atoms with van der Waals surface area (Å²) in [5.41, 5.74) is 3.54. The zero-order valence-corrected chi connectivity index (χ0v) is 20.7. The molecule has 0 saturated carbocycles. The van der Waals surface area contributed by atoms with Crippen LogP contribution in [0.5, 0.6) is 11.5 Å². The molecule has 2 unspecified atom stereocenters. The second-order valence-corrected chi connectivity index (χ2v) is 10.1. The third-order valence-electron chi connectivity index (χ3n) is 6.99. The summed E-state index contributed by atoms with van der Waals surface area (Å²) in [6.45, 7) is 6.77. The molecule has 6 nitrogen and oxygen atoms in total. The van der Waals surface area contributed by atoms with Crippen molar-refractivity contribution in [3.63, 3.8) is 0 Å². The summed E-state index contributed by atoms with van der Waals surface area (Å²) in [5.74, 6) is 1.66. The van der Waals surface area contributed by atoms with E-state index in [9.17, 15) is 5.11 Å². The van der Waals surface area contributed by atoms with Gasteiger partial charge in [-0.1, -0.05) is 40.2 Å². The Morgan fingerprint density at radius 2 is 1.65 bits per heavy atom. The lowest BCUT2D eigenvalue weighted by atomic mass is 10.1. The summed E-state index contributed by atoms with van der Waals surface area (Å²) >= 11 is 3.63. The number of para-hydroxylation sites is 1. The highest BCUT2D eigenvalue weighted by molar-refractivity contribution is 9.10. The molecule has 4 aromatic rings. The van der Waals surface area contributed by atoms with Gasteiger partial charge in [-0.3, -0.25) is 9.80 Å². The first kappa shape index (κ1) is 21.9. The van der Waals surface area contributed by atoms with Gasteiger partial charge in [0.15, 0.2) is 11.5 Å². The number of nitrogens with zero attached hydrogens (tertiary/aromatic N) is 3. The smallest absolute Gasteiger partial charge is 0.231 e. The Balaban J connectivity index is 1.26. The first-order valence-electron chi connectivity index (χ1n) is 11.8. The van der Waals surface area contributed by atoms with Gasteiger partial charge in [0.25, 0.3) is 0 Å². The number of benzene rings is 3. The zero-order chi connectivity index (χ0) is 23.2. The lowest BCUT2D eigenvalue weighted by molar-refractivity contribution is -0.00680. The molecule has 6 rings (SSSR count). The van der Waals surface area contributed by atoms with Crippen molar-refractivity contribution in [1.82, 2.24) is 14.4 Å². The van der Waals surface area contributed by atoms with Crippen molar-refractivity contribution in [3.05, 3.63) is 70.7 Å². The van der Waals surface area contributed by atoms with Gasteiger partial charge in [0, 0.05) is 48.0 Å². The van der Waals surface area contributed by atoms with Crippen molar-refractivity contribution < 1.29 is 14.6 Å². The maximum absolute atomic E-state index is 11.0. The van der Waals surface area contributed by atoms with Crippen LogP contribution in [0, 0.1) is 0 Å². The predicted octanol–water partition coefficient (Wildman–Crippen LogP) is 4.98. The largest absolute Gasteiger partial charge is 0.454 e. The maximum atomic E-state index is 11.0. The summed E-state index contributed by atoms with van der Waals surface area (Å²) in [6.07, 6.45) is -0.640. The van der Waals surface area contributed by atoms with Gasteiger partial charge >= 0.3 is 0 Å². The second-order valence-electron chi connectivity index (χ2n) is 9.20. The van der Waals surface area contributed by atoms with Crippen molar-refractivity contribution in [2.75, 3.05) is 33.0 Å². The number of piperazine rings is 1. The Kier molecular flexibility index (Phi) is 5.73. The molecule has 0 aliphatic carbocycles. The molecule has 176 valence electrons. The molecule has 1 aromatic heterocycles. The van der Waals surface area contributed by atoms with Gasteiger partial charge in [0.2, 0.25) is 6.79 Å². The maximum Gasteiger partial charge on any atom is 0.231 e. The Bertz CT molecular complexity index is 1340. The summed E-state index contributed by atoms with van der Waals surface area (Å²) in [7, 11) is 0. The minimum absolute atomic E-state index is 0.128. The van der Waals surface area contributed by atoms with Gasteiger partial charge in [-0.25, -0.2) is 0 Å². The van der Waals surface area contributed by atoms with Crippen LogP contribution in [-0.2, 0) is 6.54 Å². The first-order valence-corrected chi connectivity index (χ1v) is 12.6. The zero-order valence-electron chi connectivity index (χ0n) is 19.2. The summed E-state index contributed by atoms with van der Waals surface area (Å²) in [6, 6.07) is 21.1. The Hall–Kier alpha value is -2.58. The number of hydrogen-bond acceptors (Lipinski definition) is 5. The number of halogens is 1. The molecule has 0 radical (unpaired) electrons. The molecule has 3 aromatic carbocycles. The number of aromatic nitrogens is 1. The van der Waals surface area contributed by atoms with E-state index < -0.39 is 6.10 Å². The van der Waals surface area contributed by atoms with Crippen LogP contribution in [0.25, 0.3) is 21.8 Å². The molecule has 1 N–H and O–H groups in total. The number of aliphatic hydroxyl groups excluding tert-OH is 1.